The third-order valence-electron chi connectivity index (χ3n) is 2.64. The van der Waals surface area contributed by atoms with Crippen molar-refractivity contribution in [3.05, 3.63) is 29.8 Å². The summed E-state index contributed by atoms with van der Waals surface area (Å²) in [6.45, 7) is 2.62. The Hall–Kier alpha value is -1.55. The van der Waals surface area contributed by atoms with E-state index in [1.54, 1.807) is 14.2 Å². The van der Waals surface area contributed by atoms with Gasteiger partial charge < -0.3 is 15.4 Å². The Balaban J connectivity index is 2.37. The number of likely N-dealkylation sites (N-methyl/N-ethyl adjacent to an activating group) is 1. The molecule has 0 spiro atoms. The number of amides is 1. The molecule has 0 bridgehead atoms. The number of carbonyl (C=O) groups excluding carboxylic acids is 1. The van der Waals surface area contributed by atoms with E-state index in [1.165, 1.54) is 5.56 Å². The van der Waals surface area contributed by atoms with E-state index in [0.717, 1.165) is 18.7 Å². The van der Waals surface area contributed by atoms with Gasteiger partial charge in [0.25, 0.3) is 0 Å². The molecule has 0 saturated heterocycles. The van der Waals surface area contributed by atoms with Crippen LogP contribution in [0.15, 0.2) is 24.3 Å². The summed E-state index contributed by atoms with van der Waals surface area (Å²) in [5.74, 6) is 0.873. The number of ether oxygens (including phenoxy) is 1. The lowest BCUT2D eigenvalue weighted by molar-refractivity contribution is -0.122. The van der Waals surface area contributed by atoms with Gasteiger partial charge in [0.1, 0.15) is 5.75 Å². The lowest BCUT2D eigenvalue weighted by Gasteiger charge is -2.12. The Morgan fingerprint density at radius 3 is 2.88 bits per heavy atom. The molecule has 1 aromatic carbocycles. The molecule has 1 unspecified atom stereocenters. The fourth-order valence-electron chi connectivity index (χ4n) is 1.57. The topological polar surface area (TPSA) is 50.4 Å². The molecule has 0 aromatic heterocycles. The molecule has 0 aliphatic heterocycles. The Kier molecular flexibility index (Phi) is 5.49. The Bertz CT molecular complexity index is 366. The van der Waals surface area contributed by atoms with Gasteiger partial charge in [-0.15, -0.1) is 0 Å². The van der Waals surface area contributed by atoms with Gasteiger partial charge in [-0.1, -0.05) is 12.1 Å². The van der Waals surface area contributed by atoms with Gasteiger partial charge >= 0.3 is 0 Å². The van der Waals surface area contributed by atoms with Crippen LogP contribution in [0, 0.1) is 0 Å². The molecule has 4 heteroatoms. The number of carbonyl (C=O) groups is 1. The quantitative estimate of drug-likeness (QED) is 0.773. The SMILES string of the molecule is CNC(=O)C(C)NCCc1cccc(OC)c1. The van der Waals surface area contributed by atoms with Crippen LogP contribution in [0.4, 0.5) is 0 Å². The van der Waals surface area contributed by atoms with Crippen LogP contribution in [-0.2, 0) is 11.2 Å². The first-order chi connectivity index (χ1) is 8.17. The number of rotatable bonds is 6. The first kappa shape index (κ1) is 13.5. The summed E-state index contributed by atoms with van der Waals surface area (Å²) in [5.41, 5.74) is 1.20. The zero-order valence-corrected chi connectivity index (χ0v) is 10.6. The van der Waals surface area contributed by atoms with Crippen LogP contribution < -0.4 is 15.4 Å². The second kappa shape index (κ2) is 6.91. The highest BCUT2D eigenvalue weighted by molar-refractivity contribution is 5.80. The molecule has 1 aromatic rings. The highest BCUT2D eigenvalue weighted by atomic mass is 16.5. The van der Waals surface area contributed by atoms with Crippen LogP contribution in [0.1, 0.15) is 12.5 Å². The van der Waals surface area contributed by atoms with Gasteiger partial charge in [-0.2, -0.15) is 0 Å². The predicted molar refractivity (Wildman–Crippen MR) is 68.2 cm³/mol. The fourth-order valence-corrected chi connectivity index (χ4v) is 1.57. The molecular formula is C13H20N2O2. The fraction of sp³-hybridized carbons (Fsp3) is 0.462. The van der Waals surface area contributed by atoms with Crippen molar-refractivity contribution in [2.24, 2.45) is 0 Å². The number of methoxy groups -OCH3 is 1. The van der Waals surface area contributed by atoms with Gasteiger partial charge in [-0.25, -0.2) is 0 Å². The van der Waals surface area contributed by atoms with Crippen LogP contribution in [0.3, 0.4) is 0 Å². The molecule has 0 saturated carbocycles. The first-order valence-corrected chi connectivity index (χ1v) is 5.75. The number of benzene rings is 1. The summed E-state index contributed by atoms with van der Waals surface area (Å²) in [6.07, 6.45) is 0.874. The second-order valence-electron chi connectivity index (χ2n) is 3.89. The maximum atomic E-state index is 11.3. The molecular weight excluding hydrogens is 216 g/mol. The van der Waals surface area contributed by atoms with Crippen LogP contribution >= 0.6 is 0 Å². The second-order valence-corrected chi connectivity index (χ2v) is 3.89. The molecule has 2 N–H and O–H groups in total. The first-order valence-electron chi connectivity index (χ1n) is 5.75. The van der Waals surface area contributed by atoms with E-state index in [2.05, 4.69) is 16.7 Å². The molecule has 0 aliphatic carbocycles. The van der Waals surface area contributed by atoms with E-state index < -0.39 is 0 Å². The maximum absolute atomic E-state index is 11.3. The summed E-state index contributed by atoms with van der Waals surface area (Å²) >= 11 is 0. The lowest BCUT2D eigenvalue weighted by Crippen LogP contribution is -2.41. The highest BCUT2D eigenvalue weighted by Gasteiger charge is 2.08. The molecule has 1 amide bonds. The number of nitrogens with one attached hydrogen (secondary N) is 2. The zero-order chi connectivity index (χ0) is 12.7. The predicted octanol–water partition coefficient (Wildman–Crippen LogP) is 0.962. The molecule has 0 aliphatic rings. The van der Waals surface area contributed by atoms with Crippen LogP contribution in [-0.4, -0.2) is 32.7 Å². The Morgan fingerprint density at radius 2 is 2.24 bits per heavy atom. The minimum absolute atomic E-state index is 0.00985. The highest BCUT2D eigenvalue weighted by Crippen LogP contribution is 2.12. The maximum Gasteiger partial charge on any atom is 0.236 e. The number of hydrogen-bond donors (Lipinski definition) is 2. The van der Waals surface area contributed by atoms with Gasteiger partial charge in [0.05, 0.1) is 13.2 Å². The van der Waals surface area contributed by atoms with Crippen molar-refractivity contribution >= 4 is 5.91 Å². The molecule has 0 heterocycles. The summed E-state index contributed by atoms with van der Waals surface area (Å²) in [4.78, 5) is 11.3. The van der Waals surface area contributed by atoms with Gasteiger partial charge in [-0.05, 0) is 37.6 Å². The van der Waals surface area contributed by atoms with Crippen LogP contribution in [0.25, 0.3) is 0 Å². The minimum Gasteiger partial charge on any atom is -0.497 e. The smallest absolute Gasteiger partial charge is 0.236 e. The van der Waals surface area contributed by atoms with E-state index >= 15 is 0 Å². The molecule has 0 fully saturated rings. The molecule has 4 nitrogen and oxygen atoms in total. The van der Waals surface area contributed by atoms with Gasteiger partial charge in [-0.3, -0.25) is 4.79 Å². The van der Waals surface area contributed by atoms with Crippen molar-refractivity contribution in [3.63, 3.8) is 0 Å². The Labute approximate surface area is 102 Å². The van der Waals surface area contributed by atoms with E-state index in [-0.39, 0.29) is 11.9 Å². The minimum atomic E-state index is -0.161. The van der Waals surface area contributed by atoms with E-state index in [0.29, 0.717) is 0 Å². The molecule has 0 radical (unpaired) electrons. The van der Waals surface area contributed by atoms with Gasteiger partial charge in [0, 0.05) is 7.05 Å². The molecule has 1 atom stereocenters. The van der Waals surface area contributed by atoms with E-state index in [1.807, 2.05) is 25.1 Å². The monoisotopic (exact) mass is 236 g/mol. The zero-order valence-electron chi connectivity index (χ0n) is 10.6. The summed E-state index contributed by atoms with van der Waals surface area (Å²) in [5, 5.41) is 5.78. The van der Waals surface area contributed by atoms with Crippen LogP contribution in [0.2, 0.25) is 0 Å². The van der Waals surface area contributed by atoms with Gasteiger partial charge in [0.2, 0.25) is 5.91 Å². The van der Waals surface area contributed by atoms with E-state index in [4.69, 9.17) is 4.74 Å². The van der Waals surface area contributed by atoms with Crippen molar-refractivity contribution in [3.8, 4) is 5.75 Å². The van der Waals surface area contributed by atoms with Crippen molar-refractivity contribution < 1.29 is 9.53 Å². The van der Waals surface area contributed by atoms with Crippen molar-refractivity contribution in [2.75, 3.05) is 20.7 Å². The van der Waals surface area contributed by atoms with E-state index in [9.17, 15) is 4.79 Å². The number of hydrogen-bond acceptors (Lipinski definition) is 3. The summed E-state index contributed by atoms with van der Waals surface area (Å²) < 4.78 is 5.15. The Morgan fingerprint density at radius 1 is 1.47 bits per heavy atom. The standard InChI is InChI=1S/C13H20N2O2/c1-10(13(16)14-2)15-8-7-11-5-4-6-12(9-11)17-3/h4-6,9-10,15H,7-8H2,1-3H3,(H,14,16). The van der Waals surface area contributed by atoms with Gasteiger partial charge in [0.15, 0.2) is 0 Å². The average molecular weight is 236 g/mol. The largest absolute Gasteiger partial charge is 0.497 e. The molecule has 17 heavy (non-hydrogen) atoms. The average Bonchev–Trinajstić information content (AvgIpc) is 2.37. The summed E-state index contributed by atoms with van der Waals surface area (Å²) in [7, 11) is 3.30. The molecule has 1 rings (SSSR count). The summed E-state index contributed by atoms with van der Waals surface area (Å²) in [6, 6.07) is 7.78. The normalized spacial score (nSPS) is 11.9. The molecule has 94 valence electrons. The van der Waals surface area contributed by atoms with Crippen molar-refractivity contribution in [1.29, 1.82) is 0 Å². The van der Waals surface area contributed by atoms with Crippen LogP contribution in [0.5, 0.6) is 5.75 Å². The third-order valence-corrected chi connectivity index (χ3v) is 2.64. The van der Waals surface area contributed by atoms with Crippen molar-refractivity contribution in [1.82, 2.24) is 10.6 Å². The third kappa shape index (κ3) is 4.44. The van der Waals surface area contributed by atoms with Crippen molar-refractivity contribution in [2.45, 2.75) is 19.4 Å². The lowest BCUT2D eigenvalue weighted by atomic mass is 10.1.